The van der Waals surface area contributed by atoms with Crippen LogP contribution in [0.15, 0.2) is 12.2 Å². The van der Waals surface area contributed by atoms with Gasteiger partial charge < -0.3 is 10.4 Å². The molecule has 1 fully saturated rings. The zero-order chi connectivity index (χ0) is 7.94. The molecule has 1 unspecified atom stereocenters. The van der Waals surface area contributed by atoms with Gasteiger partial charge in [0.25, 0.3) is 0 Å². The normalized spacial score (nSPS) is 26.1. The van der Waals surface area contributed by atoms with Crippen molar-refractivity contribution in [1.82, 2.24) is 5.32 Å². The highest BCUT2D eigenvalue weighted by molar-refractivity contribution is 4.87. The van der Waals surface area contributed by atoms with E-state index in [9.17, 15) is 0 Å². The van der Waals surface area contributed by atoms with Crippen LogP contribution in [0.2, 0.25) is 0 Å². The van der Waals surface area contributed by atoms with E-state index in [-0.39, 0.29) is 6.61 Å². The molecular weight excluding hydrogens is 138 g/mol. The smallest absolute Gasteiger partial charge is 0.0612 e. The summed E-state index contributed by atoms with van der Waals surface area (Å²) >= 11 is 0. The number of hydrogen-bond acceptors (Lipinski definition) is 2. The lowest BCUT2D eigenvalue weighted by atomic mass is 10.0. The predicted octanol–water partition coefficient (Wildman–Crippen LogP) is 1.07. The molecule has 2 N–H and O–H groups in total. The van der Waals surface area contributed by atoms with E-state index in [0.29, 0.717) is 6.04 Å². The molecule has 1 aliphatic heterocycles. The Bertz CT molecular complexity index is 117. The molecule has 0 amide bonds. The molecule has 0 spiro atoms. The monoisotopic (exact) mass is 155 g/mol. The molecule has 0 saturated carbocycles. The van der Waals surface area contributed by atoms with Crippen LogP contribution in [0.3, 0.4) is 0 Å². The number of nitrogens with one attached hydrogen (secondary N) is 1. The van der Waals surface area contributed by atoms with Gasteiger partial charge in [0.1, 0.15) is 0 Å². The molecule has 1 heterocycles. The molecule has 2 heteroatoms. The quantitative estimate of drug-likeness (QED) is 0.597. The van der Waals surface area contributed by atoms with Crippen molar-refractivity contribution in [2.75, 3.05) is 13.2 Å². The van der Waals surface area contributed by atoms with E-state index < -0.39 is 0 Å². The fraction of sp³-hybridized carbons (Fsp3) is 0.778. The SMILES string of the molecule is OC/C=C\CC1CCCCN1. The Morgan fingerprint density at radius 3 is 2.91 bits per heavy atom. The first-order valence-corrected chi connectivity index (χ1v) is 4.42. The van der Waals surface area contributed by atoms with Gasteiger partial charge in [0, 0.05) is 6.04 Å². The van der Waals surface area contributed by atoms with Crippen molar-refractivity contribution in [3.63, 3.8) is 0 Å². The van der Waals surface area contributed by atoms with Crippen molar-refractivity contribution in [1.29, 1.82) is 0 Å². The fourth-order valence-electron chi connectivity index (χ4n) is 1.46. The molecule has 64 valence electrons. The Morgan fingerprint density at radius 2 is 2.27 bits per heavy atom. The third-order valence-corrected chi connectivity index (χ3v) is 2.11. The summed E-state index contributed by atoms with van der Waals surface area (Å²) < 4.78 is 0. The molecule has 0 bridgehead atoms. The first kappa shape index (κ1) is 8.75. The lowest BCUT2D eigenvalue weighted by Gasteiger charge is -2.21. The zero-order valence-electron chi connectivity index (χ0n) is 6.92. The van der Waals surface area contributed by atoms with Crippen LogP contribution in [0.4, 0.5) is 0 Å². The number of aliphatic hydroxyl groups excluding tert-OH is 1. The highest BCUT2D eigenvalue weighted by Crippen LogP contribution is 2.09. The summed E-state index contributed by atoms with van der Waals surface area (Å²) in [5.74, 6) is 0. The number of aliphatic hydroxyl groups is 1. The van der Waals surface area contributed by atoms with Crippen molar-refractivity contribution in [2.24, 2.45) is 0 Å². The molecule has 0 radical (unpaired) electrons. The molecule has 2 nitrogen and oxygen atoms in total. The maximum Gasteiger partial charge on any atom is 0.0612 e. The van der Waals surface area contributed by atoms with Crippen LogP contribution >= 0.6 is 0 Å². The maximum absolute atomic E-state index is 8.49. The first-order chi connectivity index (χ1) is 5.43. The average Bonchev–Trinajstić information content (AvgIpc) is 2.07. The van der Waals surface area contributed by atoms with Crippen LogP contribution in [0.1, 0.15) is 25.7 Å². The number of rotatable bonds is 3. The van der Waals surface area contributed by atoms with Gasteiger partial charge >= 0.3 is 0 Å². The molecule has 0 aromatic heterocycles. The van der Waals surface area contributed by atoms with Gasteiger partial charge in [-0.05, 0) is 25.8 Å². The van der Waals surface area contributed by atoms with E-state index in [1.165, 1.54) is 19.3 Å². The summed E-state index contributed by atoms with van der Waals surface area (Å²) in [6.07, 6.45) is 8.90. The summed E-state index contributed by atoms with van der Waals surface area (Å²) in [4.78, 5) is 0. The third kappa shape index (κ3) is 3.54. The Labute approximate surface area is 68.3 Å². The molecule has 0 aromatic rings. The van der Waals surface area contributed by atoms with Crippen LogP contribution in [-0.2, 0) is 0 Å². The lowest BCUT2D eigenvalue weighted by Crippen LogP contribution is -2.33. The van der Waals surface area contributed by atoms with Crippen LogP contribution in [0.5, 0.6) is 0 Å². The van der Waals surface area contributed by atoms with Crippen molar-refractivity contribution in [2.45, 2.75) is 31.7 Å². The van der Waals surface area contributed by atoms with Gasteiger partial charge in [-0.15, -0.1) is 0 Å². The fourth-order valence-corrected chi connectivity index (χ4v) is 1.46. The zero-order valence-corrected chi connectivity index (χ0v) is 6.92. The second-order valence-electron chi connectivity index (χ2n) is 3.04. The highest BCUT2D eigenvalue weighted by Gasteiger charge is 2.09. The van der Waals surface area contributed by atoms with Gasteiger partial charge in [0.15, 0.2) is 0 Å². The van der Waals surface area contributed by atoms with Crippen molar-refractivity contribution < 1.29 is 5.11 Å². The van der Waals surface area contributed by atoms with E-state index >= 15 is 0 Å². The van der Waals surface area contributed by atoms with Crippen LogP contribution in [0.25, 0.3) is 0 Å². The standard InChI is InChI=1S/C9H17NO/c11-8-4-2-6-9-5-1-3-7-10-9/h2,4,9-11H,1,3,5-8H2/b4-2-. The molecule has 11 heavy (non-hydrogen) atoms. The van der Waals surface area contributed by atoms with Gasteiger partial charge in [-0.25, -0.2) is 0 Å². The van der Waals surface area contributed by atoms with Gasteiger partial charge in [-0.3, -0.25) is 0 Å². The summed E-state index contributed by atoms with van der Waals surface area (Å²) in [7, 11) is 0. The molecule has 0 aliphatic carbocycles. The van der Waals surface area contributed by atoms with E-state index in [0.717, 1.165) is 13.0 Å². The lowest BCUT2D eigenvalue weighted by molar-refractivity contribution is 0.341. The van der Waals surface area contributed by atoms with Crippen LogP contribution < -0.4 is 5.32 Å². The van der Waals surface area contributed by atoms with E-state index in [4.69, 9.17) is 5.11 Å². The molecule has 1 rings (SSSR count). The molecule has 0 aromatic carbocycles. The van der Waals surface area contributed by atoms with Gasteiger partial charge in [-0.2, -0.15) is 0 Å². The molecule has 1 saturated heterocycles. The van der Waals surface area contributed by atoms with E-state index in [1.807, 2.05) is 6.08 Å². The van der Waals surface area contributed by atoms with E-state index in [1.54, 1.807) is 0 Å². The summed E-state index contributed by atoms with van der Waals surface area (Å²) in [5.41, 5.74) is 0. The van der Waals surface area contributed by atoms with Crippen molar-refractivity contribution >= 4 is 0 Å². The minimum atomic E-state index is 0.173. The average molecular weight is 155 g/mol. The van der Waals surface area contributed by atoms with Crippen LogP contribution in [-0.4, -0.2) is 24.3 Å². The Hall–Kier alpha value is -0.340. The summed E-state index contributed by atoms with van der Waals surface area (Å²) in [6.45, 7) is 1.34. The van der Waals surface area contributed by atoms with Gasteiger partial charge in [-0.1, -0.05) is 18.6 Å². The second kappa shape index (κ2) is 5.33. The highest BCUT2D eigenvalue weighted by atomic mass is 16.2. The van der Waals surface area contributed by atoms with E-state index in [2.05, 4.69) is 11.4 Å². The number of piperidine rings is 1. The Balaban J connectivity index is 2.09. The van der Waals surface area contributed by atoms with Crippen molar-refractivity contribution in [3.8, 4) is 0 Å². The topological polar surface area (TPSA) is 32.3 Å². The molecule has 1 atom stereocenters. The largest absolute Gasteiger partial charge is 0.392 e. The minimum absolute atomic E-state index is 0.173. The Kier molecular flexibility index (Phi) is 4.24. The van der Waals surface area contributed by atoms with Crippen LogP contribution in [0, 0.1) is 0 Å². The van der Waals surface area contributed by atoms with Gasteiger partial charge in [0.2, 0.25) is 0 Å². The second-order valence-corrected chi connectivity index (χ2v) is 3.04. The summed E-state index contributed by atoms with van der Waals surface area (Å²) in [6, 6.07) is 0.659. The third-order valence-electron chi connectivity index (χ3n) is 2.11. The molecule has 1 aliphatic rings. The minimum Gasteiger partial charge on any atom is -0.392 e. The first-order valence-electron chi connectivity index (χ1n) is 4.42. The van der Waals surface area contributed by atoms with Crippen molar-refractivity contribution in [3.05, 3.63) is 12.2 Å². The predicted molar refractivity (Wildman–Crippen MR) is 46.5 cm³/mol. The Morgan fingerprint density at radius 1 is 1.36 bits per heavy atom. The molecular formula is C9H17NO. The maximum atomic E-state index is 8.49. The number of hydrogen-bond donors (Lipinski definition) is 2. The van der Waals surface area contributed by atoms with Gasteiger partial charge in [0.05, 0.1) is 6.61 Å². The summed E-state index contributed by atoms with van der Waals surface area (Å²) in [5, 5.41) is 11.9.